The van der Waals surface area contributed by atoms with Gasteiger partial charge in [0.05, 0.1) is 12.9 Å². The normalized spacial score (nSPS) is 20.2. The van der Waals surface area contributed by atoms with E-state index < -0.39 is 19.5 Å². The molecule has 0 saturated heterocycles. The van der Waals surface area contributed by atoms with E-state index in [0.717, 1.165) is 6.07 Å². The number of fused-ring (bicyclic) bond motifs is 5. The maximum atomic E-state index is 13.9. The number of hydrogen-bond acceptors (Lipinski definition) is 9. The zero-order valence-corrected chi connectivity index (χ0v) is 17.1. The minimum atomic E-state index is -3.81. The predicted molar refractivity (Wildman–Crippen MR) is 104 cm³/mol. The first kappa shape index (κ1) is 19.7. The van der Waals surface area contributed by atoms with E-state index in [1.807, 2.05) is 6.07 Å². The second kappa shape index (κ2) is 7.00. The molecule has 1 aliphatic heterocycles. The highest BCUT2D eigenvalue weighted by Gasteiger charge is 2.31. The molecule has 1 aromatic carbocycles. The summed E-state index contributed by atoms with van der Waals surface area (Å²) in [6, 6.07) is 5.68. The Morgan fingerprint density at radius 1 is 1.33 bits per heavy atom. The quantitative estimate of drug-likeness (QED) is 0.533. The van der Waals surface area contributed by atoms with Crippen LogP contribution >= 0.6 is 7.60 Å². The monoisotopic (exact) mass is 430 g/mol. The Hall–Kier alpha value is -3.64. The average molecular weight is 430 g/mol. The number of aryl methyl sites for hydroxylation is 1. The summed E-state index contributed by atoms with van der Waals surface area (Å²) in [5, 5.41) is 13.7. The number of nitrogen functional groups attached to an aromatic ring is 1. The highest BCUT2D eigenvalue weighted by Crippen LogP contribution is 2.49. The van der Waals surface area contributed by atoms with Gasteiger partial charge in [-0.25, -0.2) is 18.9 Å². The van der Waals surface area contributed by atoms with Crippen LogP contribution in [0.3, 0.4) is 0 Å². The van der Waals surface area contributed by atoms with Gasteiger partial charge < -0.3 is 19.5 Å². The first-order chi connectivity index (χ1) is 14.2. The van der Waals surface area contributed by atoms with E-state index >= 15 is 0 Å². The molecule has 0 spiro atoms. The Kier molecular flexibility index (Phi) is 4.59. The number of rotatable bonds is 0. The van der Waals surface area contributed by atoms with Gasteiger partial charge in [-0.2, -0.15) is 5.26 Å². The molecule has 2 N–H and O–H groups in total. The van der Waals surface area contributed by atoms with Crippen LogP contribution in [0, 0.1) is 17.1 Å². The first-order valence-electron chi connectivity index (χ1n) is 8.71. The van der Waals surface area contributed by atoms with E-state index in [-0.39, 0.29) is 45.8 Å². The van der Waals surface area contributed by atoms with E-state index in [4.69, 9.17) is 19.5 Å². The molecule has 30 heavy (non-hydrogen) atoms. The molecule has 0 fully saturated rings. The van der Waals surface area contributed by atoms with Crippen LogP contribution in [0.5, 0.6) is 17.5 Å². The van der Waals surface area contributed by atoms with Gasteiger partial charge in [0, 0.05) is 12.6 Å². The molecule has 1 aliphatic rings. The topological polar surface area (TPSA) is 138 Å². The third-order valence-corrected chi connectivity index (χ3v) is 5.39. The summed E-state index contributed by atoms with van der Waals surface area (Å²) >= 11 is 0. The van der Waals surface area contributed by atoms with E-state index in [0.29, 0.717) is 0 Å². The van der Waals surface area contributed by atoms with Crippen molar-refractivity contribution in [1.29, 1.82) is 5.26 Å². The minimum absolute atomic E-state index is 0.00689. The van der Waals surface area contributed by atoms with Crippen LogP contribution in [0.1, 0.15) is 24.3 Å². The van der Waals surface area contributed by atoms with Gasteiger partial charge in [0.1, 0.15) is 35.0 Å². The van der Waals surface area contributed by atoms with Crippen molar-refractivity contribution in [1.82, 2.24) is 19.7 Å². The second-order valence-electron chi connectivity index (χ2n) is 6.61. The van der Waals surface area contributed by atoms with E-state index in [9.17, 15) is 14.2 Å². The number of nitrogens with zero attached hydrogens (tertiary/aromatic N) is 5. The second-order valence-corrected chi connectivity index (χ2v) is 8.51. The minimum Gasteiger partial charge on any atom is -0.467 e. The molecular formula is C18H16FN6O4P. The maximum absolute atomic E-state index is 13.9. The summed E-state index contributed by atoms with van der Waals surface area (Å²) in [6.07, 6.45) is 0.532. The van der Waals surface area contributed by atoms with Crippen molar-refractivity contribution >= 4 is 13.4 Å². The molecule has 0 radical (unpaired) electrons. The van der Waals surface area contributed by atoms with Crippen LogP contribution in [0.4, 0.5) is 10.2 Å². The Labute approximate surface area is 170 Å². The highest BCUT2D eigenvalue weighted by atomic mass is 31.2. The summed E-state index contributed by atoms with van der Waals surface area (Å²) in [4.78, 5) is 8.41. The third-order valence-electron chi connectivity index (χ3n) is 4.36. The van der Waals surface area contributed by atoms with E-state index in [1.165, 1.54) is 36.7 Å². The molecular weight excluding hydrogens is 414 g/mol. The Bertz CT molecular complexity index is 1250. The Morgan fingerprint density at radius 3 is 2.83 bits per heavy atom. The van der Waals surface area contributed by atoms with Gasteiger partial charge in [-0.15, -0.1) is 5.10 Å². The lowest BCUT2D eigenvalue weighted by Crippen LogP contribution is -2.11. The Balaban J connectivity index is 1.98. The summed E-state index contributed by atoms with van der Waals surface area (Å²) in [7, 11) is -2.28. The molecule has 2 bridgehead atoms. The third kappa shape index (κ3) is 3.42. The van der Waals surface area contributed by atoms with Crippen molar-refractivity contribution in [3.8, 4) is 34.8 Å². The van der Waals surface area contributed by atoms with Gasteiger partial charge in [0.25, 0.3) is 11.8 Å². The van der Waals surface area contributed by atoms with E-state index in [1.54, 1.807) is 6.92 Å². The van der Waals surface area contributed by atoms with Gasteiger partial charge in [-0.05, 0) is 25.1 Å². The lowest BCUT2D eigenvalue weighted by Gasteiger charge is -2.22. The molecule has 2 atom stereocenters. The van der Waals surface area contributed by atoms with Crippen molar-refractivity contribution in [2.75, 3.05) is 12.4 Å². The Morgan fingerprint density at radius 2 is 2.10 bits per heavy atom. The van der Waals surface area contributed by atoms with Gasteiger partial charge in [0.15, 0.2) is 11.5 Å². The fraction of sp³-hybridized carbons (Fsp3) is 0.222. The number of anilines is 1. The van der Waals surface area contributed by atoms with Gasteiger partial charge in [-0.1, -0.05) is 0 Å². The van der Waals surface area contributed by atoms with Crippen LogP contribution in [-0.2, 0) is 11.6 Å². The van der Waals surface area contributed by atoms with E-state index in [2.05, 4.69) is 15.1 Å². The number of nitriles is 1. The highest BCUT2D eigenvalue weighted by molar-refractivity contribution is 7.53. The van der Waals surface area contributed by atoms with Crippen molar-refractivity contribution in [2.45, 2.75) is 13.0 Å². The molecule has 0 saturated carbocycles. The summed E-state index contributed by atoms with van der Waals surface area (Å²) in [5.74, 6) is -0.620. The molecule has 4 rings (SSSR count). The van der Waals surface area contributed by atoms with Gasteiger partial charge in [0.2, 0.25) is 0 Å². The zero-order chi connectivity index (χ0) is 21.6. The largest absolute Gasteiger partial charge is 0.467 e. The SMILES string of the molecule is CC1Oc2nc(cnc2N)-c2c(nn(C)c2C#N)OP(C)(=O)Oc2ccc(F)cc21. The first-order valence-corrected chi connectivity index (χ1v) is 10.7. The molecule has 0 aliphatic carbocycles. The summed E-state index contributed by atoms with van der Waals surface area (Å²) < 4.78 is 45.3. The number of halogens is 1. The average Bonchev–Trinajstić information content (AvgIpc) is 2.98. The van der Waals surface area contributed by atoms with Gasteiger partial charge in [-0.3, -0.25) is 4.68 Å². The molecule has 2 aromatic heterocycles. The van der Waals surface area contributed by atoms with Crippen LogP contribution in [0.15, 0.2) is 24.4 Å². The van der Waals surface area contributed by atoms with Crippen molar-refractivity contribution in [3.05, 3.63) is 41.5 Å². The molecule has 2 unspecified atom stereocenters. The fourth-order valence-corrected chi connectivity index (χ4v) is 4.02. The maximum Gasteiger partial charge on any atom is 0.428 e. The lowest BCUT2D eigenvalue weighted by atomic mass is 10.1. The molecule has 0 amide bonds. The summed E-state index contributed by atoms with van der Waals surface area (Å²) in [6.45, 7) is 2.86. The summed E-state index contributed by atoms with van der Waals surface area (Å²) in [5.41, 5.74) is 6.60. The van der Waals surface area contributed by atoms with Crippen LogP contribution in [0.25, 0.3) is 11.3 Å². The van der Waals surface area contributed by atoms with Crippen LogP contribution in [0.2, 0.25) is 0 Å². The standard InChI is InChI=1S/C18H16FN6O4P/c1-9-11-6-10(19)4-5-14(11)28-30(3,26)29-17-15(13(7-20)25(2)24-17)12-8-22-16(21)18(23-12)27-9/h4-6,8-9H,1-3H3,(H2,21,22). The molecule has 154 valence electrons. The fourth-order valence-electron chi connectivity index (χ4n) is 3.02. The predicted octanol–water partition coefficient (Wildman–Crippen LogP) is 3.20. The molecule has 10 nitrogen and oxygen atoms in total. The van der Waals surface area contributed by atoms with Crippen LogP contribution in [-0.4, -0.2) is 26.4 Å². The zero-order valence-electron chi connectivity index (χ0n) is 16.2. The molecule has 3 aromatic rings. The number of aromatic nitrogens is 4. The van der Waals surface area contributed by atoms with Gasteiger partial charge >= 0.3 is 7.60 Å². The number of ether oxygens (including phenoxy) is 1. The molecule has 3 heterocycles. The number of benzene rings is 1. The van der Waals surface area contributed by atoms with Crippen molar-refractivity contribution in [2.24, 2.45) is 7.05 Å². The number of hydrogen-bond donors (Lipinski definition) is 1. The van der Waals surface area contributed by atoms with Crippen molar-refractivity contribution in [3.63, 3.8) is 0 Å². The van der Waals surface area contributed by atoms with Crippen molar-refractivity contribution < 1.29 is 22.7 Å². The smallest absolute Gasteiger partial charge is 0.428 e. The lowest BCUT2D eigenvalue weighted by molar-refractivity contribution is 0.214. The molecule has 12 heteroatoms. The number of nitrogens with two attached hydrogens (primary N) is 1. The van der Waals surface area contributed by atoms with Crippen LogP contribution < -0.4 is 19.5 Å².